The molecular weight excluding hydrogens is 410 g/mol. The highest BCUT2D eigenvalue weighted by atomic mass is 35.5. The van der Waals surface area contributed by atoms with Gasteiger partial charge < -0.3 is 10.1 Å². The van der Waals surface area contributed by atoms with Crippen molar-refractivity contribution in [3.05, 3.63) is 70.2 Å². The Morgan fingerprint density at radius 3 is 2.79 bits per heavy atom. The number of carbonyl (C=O) groups excluding carboxylic acids is 2. The van der Waals surface area contributed by atoms with Gasteiger partial charge in [-0.1, -0.05) is 59.8 Å². The van der Waals surface area contributed by atoms with Crippen LogP contribution in [0, 0.1) is 0 Å². The van der Waals surface area contributed by atoms with Crippen molar-refractivity contribution in [1.82, 2.24) is 5.32 Å². The van der Waals surface area contributed by atoms with Crippen molar-refractivity contribution in [1.29, 1.82) is 0 Å². The number of amidine groups is 1. The lowest BCUT2D eigenvalue weighted by Gasteiger charge is -2.23. The normalized spacial score (nSPS) is 23.0. The van der Waals surface area contributed by atoms with Crippen molar-refractivity contribution in [2.45, 2.75) is 31.1 Å². The summed E-state index contributed by atoms with van der Waals surface area (Å²) in [6, 6.07) is 14.8. The van der Waals surface area contributed by atoms with Gasteiger partial charge in [-0.3, -0.25) is 4.79 Å². The minimum atomic E-state index is -0.470. The molecule has 8 heteroatoms. The number of thioether (sulfide) groups is 1. The number of cyclic esters (lactones) is 1. The molecule has 4 rings (SSSR count). The predicted molar refractivity (Wildman–Crippen MR) is 115 cm³/mol. The number of ether oxygens (including phenoxy) is 1. The van der Waals surface area contributed by atoms with Crippen LogP contribution in [0.2, 0.25) is 5.02 Å². The molecule has 0 spiro atoms. The van der Waals surface area contributed by atoms with Gasteiger partial charge in [0.05, 0.1) is 16.5 Å². The summed E-state index contributed by atoms with van der Waals surface area (Å²) in [4.78, 5) is 24.4. The highest BCUT2D eigenvalue weighted by Gasteiger charge is 2.31. The second-order valence-electron chi connectivity index (χ2n) is 6.79. The molecule has 0 unspecified atom stereocenters. The zero-order valence-corrected chi connectivity index (χ0v) is 17.2. The van der Waals surface area contributed by atoms with Gasteiger partial charge in [0.15, 0.2) is 5.17 Å². The number of esters is 1. The van der Waals surface area contributed by atoms with Crippen LogP contribution in [-0.4, -0.2) is 34.1 Å². The first-order chi connectivity index (χ1) is 14.0. The quantitative estimate of drug-likeness (QED) is 0.459. The van der Waals surface area contributed by atoms with Crippen molar-refractivity contribution < 1.29 is 14.3 Å². The molecule has 0 bridgehead atoms. The number of nitrogens with zero attached hydrogens (tertiary/aromatic N) is 2. The molecular formula is C21H18ClN3O3S. The Balaban J connectivity index is 1.44. The second-order valence-corrected chi connectivity index (χ2v) is 8.39. The van der Waals surface area contributed by atoms with Crippen LogP contribution >= 0.6 is 23.4 Å². The van der Waals surface area contributed by atoms with Crippen LogP contribution in [0.4, 0.5) is 0 Å². The number of fused-ring (bicyclic) bond motifs is 1. The molecule has 29 heavy (non-hydrogen) atoms. The molecule has 2 heterocycles. The summed E-state index contributed by atoms with van der Waals surface area (Å²) in [5.41, 5.74) is 3.00. The monoisotopic (exact) mass is 427 g/mol. The number of halogens is 1. The van der Waals surface area contributed by atoms with Crippen LogP contribution in [0.25, 0.3) is 0 Å². The molecule has 2 aromatic carbocycles. The van der Waals surface area contributed by atoms with Crippen LogP contribution in [0.1, 0.15) is 28.4 Å². The average molecular weight is 428 g/mol. The van der Waals surface area contributed by atoms with E-state index in [1.807, 2.05) is 36.4 Å². The molecule has 0 aromatic heterocycles. The van der Waals surface area contributed by atoms with Gasteiger partial charge in [-0.25, -0.2) is 4.79 Å². The topological polar surface area (TPSA) is 80.1 Å². The van der Waals surface area contributed by atoms with Gasteiger partial charge in [-0.05, 0) is 36.6 Å². The molecule has 6 nitrogen and oxygen atoms in total. The Hall–Kier alpha value is -2.64. The van der Waals surface area contributed by atoms with Crippen LogP contribution in [0.3, 0.4) is 0 Å². The van der Waals surface area contributed by atoms with E-state index in [9.17, 15) is 9.59 Å². The Kier molecular flexibility index (Phi) is 5.69. The fourth-order valence-electron chi connectivity index (χ4n) is 3.20. The van der Waals surface area contributed by atoms with Gasteiger partial charge in [0, 0.05) is 11.4 Å². The summed E-state index contributed by atoms with van der Waals surface area (Å²) in [5.74, 6) is -0.484. The summed E-state index contributed by atoms with van der Waals surface area (Å²) >= 11 is 7.50. The number of nitrogens with one attached hydrogen (secondary N) is 1. The van der Waals surface area contributed by atoms with Crippen molar-refractivity contribution in [3.63, 3.8) is 0 Å². The van der Waals surface area contributed by atoms with E-state index in [-0.39, 0.29) is 17.1 Å². The summed E-state index contributed by atoms with van der Waals surface area (Å²) in [6.07, 6.45) is 0.592. The van der Waals surface area contributed by atoms with Gasteiger partial charge in [0.1, 0.15) is 6.10 Å². The zero-order chi connectivity index (χ0) is 20.4. The van der Waals surface area contributed by atoms with Gasteiger partial charge in [-0.15, -0.1) is 5.10 Å². The number of amides is 1. The Labute approximate surface area is 177 Å². The maximum Gasteiger partial charge on any atom is 0.339 e. The molecule has 1 fully saturated rings. The van der Waals surface area contributed by atoms with Crippen LogP contribution in [-0.2, 0) is 22.4 Å². The highest BCUT2D eigenvalue weighted by Crippen LogP contribution is 2.27. The van der Waals surface area contributed by atoms with E-state index in [1.165, 1.54) is 11.8 Å². The first-order valence-corrected chi connectivity index (χ1v) is 10.4. The van der Waals surface area contributed by atoms with Gasteiger partial charge in [-0.2, -0.15) is 5.10 Å². The van der Waals surface area contributed by atoms with Crippen LogP contribution < -0.4 is 5.32 Å². The molecule has 0 radical (unpaired) electrons. The third-order valence-corrected chi connectivity index (χ3v) is 6.24. The first kappa shape index (κ1) is 19.7. The fourth-order valence-corrected chi connectivity index (χ4v) is 4.36. The number of rotatable bonds is 4. The minimum Gasteiger partial charge on any atom is -0.452 e. The van der Waals surface area contributed by atoms with Crippen molar-refractivity contribution in [3.8, 4) is 0 Å². The lowest BCUT2D eigenvalue weighted by molar-refractivity contribution is -0.118. The van der Waals surface area contributed by atoms with E-state index in [4.69, 9.17) is 16.3 Å². The molecule has 148 valence electrons. The SMILES string of the molecule is C/C(=N/N=C1\NC(=O)[C@@H](Cc2ccccc2Cl)S1)[C@@H]1Cc2ccccc2C(=O)O1. The van der Waals surface area contributed by atoms with E-state index in [2.05, 4.69) is 15.5 Å². The van der Waals surface area contributed by atoms with E-state index < -0.39 is 6.10 Å². The van der Waals surface area contributed by atoms with Gasteiger partial charge in [0.25, 0.3) is 0 Å². The molecule has 1 N–H and O–H groups in total. The van der Waals surface area contributed by atoms with Crippen molar-refractivity contribution in [2.75, 3.05) is 0 Å². The van der Waals surface area contributed by atoms with Crippen LogP contribution in [0.15, 0.2) is 58.7 Å². The number of hydrogen-bond acceptors (Lipinski definition) is 6. The molecule has 2 aromatic rings. The molecule has 1 amide bonds. The predicted octanol–water partition coefficient (Wildman–Crippen LogP) is 3.63. The molecule has 0 saturated carbocycles. The Morgan fingerprint density at radius 1 is 1.21 bits per heavy atom. The molecule has 1 saturated heterocycles. The molecule has 0 aliphatic carbocycles. The molecule has 2 aliphatic rings. The number of benzene rings is 2. The van der Waals surface area contributed by atoms with Crippen molar-refractivity contribution >= 4 is 46.1 Å². The standard InChI is InChI=1S/C21H18ClN3O3S/c1-12(17-10-13-6-2-4-8-15(13)20(27)28-17)24-25-21-23-19(26)18(29-21)11-14-7-3-5-9-16(14)22/h2-9,17-18H,10-11H2,1H3,(H,23,25,26)/b24-12-/t17-,18+/m0/s1. The van der Waals surface area contributed by atoms with E-state index >= 15 is 0 Å². The Morgan fingerprint density at radius 2 is 1.97 bits per heavy atom. The van der Waals surface area contributed by atoms with Gasteiger partial charge >= 0.3 is 5.97 Å². The van der Waals surface area contributed by atoms with E-state index in [1.54, 1.807) is 19.1 Å². The summed E-state index contributed by atoms with van der Waals surface area (Å²) < 4.78 is 5.48. The maximum atomic E-state index is 12.3. The summed E-state index contributed by atoms with van der Waals surface area (Å²) in [5, 5.41) is 11.8. The molecule has 2 atom stereocenters. The highest BCUT2D eigenvalue weighted by molar-refractivity contribution is 8.15. The van der Waals surface area contributed by atoms with E-state index in [0.29, 0.717) is 34.3 Å². The van der Waals surface area contributed by atoms with Gasteiger partial charge in [0.2, 0.25) is 5.91 Å². The summed E-state index contributed by atoms with van der Waals surface area (Å²) in [6.45, 7) is 1.76. The second kappa shape index (κ2) is 8.39. The van der Waals surface area contributed by atoms with Crippen LogP contribution in [0.5, 0.6) is 0 Å². The lowest BCUT2D eigenvalue weighted by atomic mass is 9.97. The maximum absolute atomic E-state index is 12.3. The largest absolute Gasteiger partial charge is 0.452 e. The summed E-state index contributed by atoms with van der Waals surface area (Å²) in [7, 11) is 0. The molecule has 2 aliphatic heterocycles. The fraction of sp³-hybridized carbons (Fsp3) is 0.238. The number of hydrogen-bond donors (Lipinski definition) is 1. The first-order valence-electron chi connectivity index (χ1n) is 9.13. The smallest absolute Gasteiger partial charge is 0.339 e. The van der Waals surface area contributed by atoms with E-state index in [0.717, 1.165) is 11.1 Å². The van der Waals surface area contributed by atoms with Crippen molar-refractivity contribution in [2.24, 2.45) is 10.2 Å². The lowest BCUT2D eigenvalue weighted by Crippen LogP contribution is -2.33. The third kappa shape index (κ3) is 4.36. The average Bonchev–Trinajstić information content (AvgIpc) is 3.07. The number of carbonyl (C=O) groups is 2. The Bertz CT molecular complexity index is 1040. The third-order valence-electron chi connectivity index (χ3n) is 4.80. The minimum absolute atomic E-state index is 0.125. The zero-order valence-electron chi connectivity index (χ0n) is 15.6.